The molecule has 0 aliphatic carbocycles. The Labute approximate surface area is 106 Å². The van der Waals surface area contributed by atoms with Crippen LogP contribution in [0.3, 0.4) is 0 Å². The molecule has 1 atom stereocenters. The number of aliphatic hydroxyl groups is 1. The van der Waals surface area contributed by atoms with E-state index in [0.29, 0.717) is 12.6 Å². The van der Waals surface area contributed by atoms with Crippen molar-refractivity contribution in [3.63, 3.8) is 0 Å². The first-order valence-corrected chi connectivity index (χ1v) is 6.75. The molecule has 4 nitrogen and oxygen atoms in total. The summed E-state index contributed by atoms with van der Waals surface area (Å²) in [4.78, 5) is 4.81. The Morgan fingerprint density at radius 2 is 1.65 bits per heavy atom. The topological polar surface area (TPSA) is 35.9 Å². The van der Waals surface area contributed by atoms with Gasteiger partial charge in [-0.05, 0) is 27.7 Å². The average molecular weight is 244 g/mol. The first-order chi connectivity index (χ1) is 7.99. The van der Waals surface area contributed by atoms with Gasteiger partial charge in [-0.1, -0.05) is 0 Å². The lowest BCUT2D eigenvalue weighted by molar-refractivity contribution is -0.0159. The highest BCUT2D eigenvalue weighted by atomic mass is 16.5. The van der Waals surface area contributed by atoms with E-state index in [9.17, 15) is 5.11 Å². The average Bonchev–Trinajstić information content (AvgIpc) is 2.27. The second-order valence-electron chi connectivity index (χ2n) is 5.47. The van der Waals surface area contributed by atoms with E-state index in [0.717, 1.165) is 32.7 Å². The fraction of sp³-hybridized carbons (Fsp3) is 1.00. The Kier molecular flexibility index (Phi) is 6.41. The summed E-state index contributed by atoms with van der Waals surface area (Å²) in [6.07, 6.45) is -0.162. The summed E-state index contributed by atoms with van der Waals surface area (Å²) in [6.45, 7) is 14.0. The third-order valence-corrected chi connectivity index (χ3v) is 3.23. The maximum absolute atomic E-state index is 9.85. The van der Waals surface area contributed by atoms with Gasteiger partial charge in [0.15, 0.2) is 0 Å². The molecule has 1 heterocycles. The summed E-state index contributed by atoms with van der Waals surface area (Å²) < 4.78 is 5.42. The van der Waals surface area contributed by atoms with Crippen LogP contribution in [0.15, 0.2) is 0 Å². The zero-order valence-corrected chi connectivity index (χ0v) is 11.7. The highest BCUT2D eigenvalue weighted by Crippen LogP contribution is 2.06. The van der Waals surface area contributed by atoms with Gasteiger partial charge in [-0.2, -0.15) is 0 Å². The Morgan fingerprint density at radius 1 is 1.06 bits per heavy atom. The molecule has 1 N–H and O–H groups in total. The summed E-state index contributed by atoms with van der Waals surface area (Å²) >= 11 is 0. The van der Waals surface area contributed by atoms with Crippen LogP contribution >= 0.6 is 0 Å². The number of aliphatic hydroxyl groups excluding tert-OH is 1. The molecule has 102 valence electrons. The van der Waals surface area contributed by atoms with Crippen molar-refractivity contribution in [2.24, 2.45) is 0 Å². The van der Waals surface area contributed by atoms with Crippen molar-refractivity contribution >= 4 is 0 Å². The third kappa shape index (κ3) is 5.82. The molecule has 0 radical (unpaired) electrons. The second-order valence-corrected chi connectivity index (χ2v) is 5.47. The minimum absolute atomic E-state index is 0.197. The number of hydrogen-bond donors (Lipinski definition) is 1. The highest BCUT2D eigenvalue weighted by molar-refractivity contribution is 4.75. The van der Waals surface area contributed by atoms with Crippen molar-refractivity contribution in [2.45, 2.75) is 45.9 Å². The lowest BCUT2D eigenvalue weighted by atomic mass is 10.2. The summed E-state index contributed by atoms with van der Waals surface area (Å²) in [7, 11) is 0. The summed E-state index contributed by atoms with van der Waals surface area (Å²) in [5.74, 6) is 0. The Hall–Kier alpha value is -0.160. The Balaban J connectivity index is 2.17. The summed E-state index contributed by atoms with van der Waals surface area (Å²) in [6, 6.07) is 0.631. The molecule has 0 bridgehead atoms. The largest absolute Gasteiger partial charge is 0.389 e. The number of nitrogens with zero attached hydrogens (tertiary/aromatic N) is 2. The van der Waals surface area contributed by atoms with E-state index in [1.165, 1.54) is 0 Å². The molecule has 0 spiro atoms. The van der Waals surface area contributed by atoms with Crippen LogP contribution in [0, 0.1) is 0 Å². The number of ether oxygens (including phenoxy) is 1. The molecule has 0 saturated carbocycles. The summed E-state index contributed by atoms with van der Waals surface area (Å²) in [5, 5.41) is 9.85. The molecule has 1 fully saturated rings. The smallest absolute Gasteiger partial charge is 0.0900 e. The minimum Gasteiger partial charge on any atom is -0.389 e. The SMILES string of the molecule is CC(C)OC[C@H](O)CN1CCN(C(C)C)CC1. The predicted octanol–water partition coefficient (Wildman–Crippen LogP) is 0.798. The van der Waals surface area contributed by atoms with Crippen LogP contribution < -0.4 is 0 Å². The minimum atomic E-state index is -0.358. The Morgan fingerprint density at radius 3 is 2.12 bits per heavy atom. The number of rotatable bonds is 6. The van der Waals surface area contributed by atoms with Crippen molar-refractivity contribution in [3.8, 4) is 0 Å². The van der Waals surface area contributed by atoms with Gasteiger partial charge < -0.3 is 9.84 Å². The number of piperazine rings is 1. The quantitative estimate of drug-likeness (QED) is 0.750. The molecule has 17 heavy (non-hydrogen) atoms. The van der Waals surface area contributed by atoms with Gasteiger partial charge in [0.25, 0.3) is 0 Å². The molecule has 0 unspecified atom stereocenters. The van der Waals surface area contributed by atoms with E-state index < -0.39 is 0 Å². The second kappa shape index (κ2) is 7.31. The molecule has 4 heteroatoms. The lowest BCUT2D eigenvalue weighted by Crippen LogP contribution is -2.50. The van der Waals surface area contributed by atoms with Gasteiger partial charge in [-0.15, -0.1) is 0 Å². The van der Waals surface area contributed by atoms with Crippen LogP contribution in [0.25, 0.3) is 0 Å². The first-order valence-electron chi connectivity index (χ1n) is 6.75. The van der Waals surface area contributed by atoms with E-state index in [2.05, 4.69) is 23.6 Å². The van der Waals surface area contributed by atoms with Crippen LogP contribution in [0.2, 0.25) is 0 Å². The van der Waals surface area contributed by atoms with Gasteiger partial charge in [0.1, 0.15) is 0 Å². The van der Waals surface area contributed by atoms with E-state index >= 15 is 0 Å². The molecule has 0 aromatic carbocycles. The van der Waals surface area contributed by atoms with Crippen LogP contribution in [0.4, 0.5) is 0 Å². The normalized spacial score (nSPS) is 21.4. The standard InChI is InChI=1S/C13H28N2O2/c1-11(2)15-7-5-14(6-8-15)9-13(16)10-17-12(3)4/h11-13,16H,5-10H2,1-4H3/t13-/m1/s1. The number of hydrogen-bond acceptors (Lipinski definition) is 4. The van der Waals surface area contributed by atoms with E-state index in [1.807, 2.05) is 13.8 Å². The molecule has 0 aromatic heterocycles. The highest BCUT2D eigenvalue weighted by Gasteiger charge is 2.20. The van der Waals surface area contributed by atoms with Gasteiger partial charge in [-0.25, -0.2) is 0 Å². The van der Waals surface area contributed by atoms with Crippen molar-refractivity contribution < 1.29 is 9.84 Å². The van der Waals surface area contributed by atoms with Gasteiger partial charge in [-0.3, -0.25) is 9.80 Å². The monoisotopic (exact) mass is 244 g/mol. The van der Waals surface area contributed by atoms with Crippen molar-refractivity contribution in [3.05, 3.63) is 0 Å². The van der Waals surface area contributed by atoms with Crippen LogP contribution in [0.1, 0.15) is 27.7 Å². The maximum atomic E-state index is 9.85. The molecular weight excluding hydrogens is 216 g/mol. The van der Waals surface area contributed by atoms with Gasteiger partial charge >= 0.3 is 0 Å². The zero-order chi connectivity index (χ0) is 12.8. The molecule has 1 saturated heterocycles. The van der Waals surface area contributed by atoms with Crippen molar-refractivity contribution in [1.82, 2.24) is 9.80 Å². The Bertz CT molecular complexity index is 202. The van der Waals surface area contributed by atoms with E-state index in [-0.39, 0.29) is 12.2 Å². The molecule has 0 aromatic rings. The number of β-amino-alcohol motifs (C(OH)–C–C–N with tert-alkyl or cyclic N) is 1. The summed E-state index contributed by atoms with van der Waals surface area (Å²) in [5.41, 5.74) is 0. The molecular formula is C13H28N2O2. The van der Waals surface area contributed by atoms with Gasteiger partial charge in [0, 0.05) is 38.8 Å². The fourth-order valence-electron chi connectivity index (χ4n) is 2.12. The van der Waals surface area contributed by atoms with E-state index in [1.54, 1.807) is 0 Å². The molecule has 1 rings (SSSR count). The predicted molar refractivity (Wildman–Crippen MR) is 70.2 cm³/mol. The zero-order valence-electron chi connectivity index (χ0n) is 11.7. The maximum Gasteiger partial charge on any atom is 0.0900 e. The third-order valence-electron chi connectivity index (χ3n) is 3.23. The van der Waals surface area contributed by atoms with Crippen molar-refractivity contribution in [1.29, 1.82) is 0 Å². The lowest BCUT2D eigenvalue weighted by Gasteiger charge is -2.37. The molecule has 1 aliphatic rings. The van der Waals surface area contributed by atoms with Gasteiger partial charge in [0.05, 0.1) is 18.8 Å². The van der Waals surface area contributed by atoms with Crippen LogP contribution in [-0.2, 0) is 4.74 Å². The molecule has 1 aliphatic heterocycles. The fourth-order valence-corrected chi connectivity index (χ4v) is 2.12. The van der Waals surface area contributed by atoms with Gasteiger partial charge in [0.2, 0.25) is 0 Å². The van der Waals surface area contributed by atoms with E-state index in [4.69, 9.17) is 4.74 Å². The van der Waals surface area contributed by atoms with Crippen LogP contribution in [-0.4, -0.2) is 72.5 Å². The molecule has 0 amide bonds. The van der Waals surface area contributed by atoms with Crippen molar-refractivity contribution in [2.75, 3.05) is 39.3 Å². The van der Waals surface area contributed by atoms with Crippen LogP contribution in [0.5, 0.6) is 0 Å². The first kappa shape index (κ1) is 14.9.